The summed E-state index contributed by atoms with van der Waals surface area (Å²) < 4.78 is 19.2. The zero-order chi connectivity index (χ0) is 12.8. The lowest BCUT2D eigenvalue weighted by Gasteiger charge is -2.10. The van der Waals surface area contributed by atoms with E-state index in [2.05, 4.69) is 15.9 Å². The van der Waals surface area contributed by atoms with Crippen molar-refractivity contribution in [3.05, 3.63) is 65.5 Å². The number of hydrogen-bond acceptors (Lipinski definition) is 1. The van der Waals surface area contributed by atoms with Gasteiger partial charge in [0.15, 0.2) is 11.6 Å². The molecule has 0 aliphatic rings. The van der Waals surface area contributed by atoms with Gasteiger partial charge in [-0.2, -0.15) is 0 Å². The summed E-state index contributed by atoms with van der Waals surface area (Å²) in [4.78, 5) is 0. The van der Waals surface area contributed by atoms with Crippen LogP contribution in [0.5, 0.6) is 5.75 Å². The van der Waals surface area contributed by atoms with Gasteiger partial charge < -0.3 is 4.74 Å². The minimum absolute atomic E-state index is 0.306. The summed E-state index contributed by atoms with van der Waals surface area (Å²) in [5.41, 5.74) is 2.03. The average molecular weight is 309 g/mol. The fourth-order valence-corrected chi connectivity index (χ4v) is 2.18. The Hall–Kier alpha value is -1.35. The van der Waals surface area contributed by atoms with Crippen molar-refractivity contribution >= 4 is 15.9 Å². The molecule has 0 heterocycles. The third-order valence-electron chi connectivity index (χ3n) is 2.67. The molecule has 2 aromatic rings. The van der Waals surface area contributed by atoms with Crippen LogP contribution in [0, 0.1) is 5.82 Å². The smallest absolute Gasteiger partial charge is 0.165 e. The van der Waals surface area contributed by atoms with Crippen LogP contribution >= 0.6 is 15.9 Å². The highest BCUT2D eigenvalue weighted by Crippen LogP contribution is 2.24. The second kappa shape index (κ2) is 6.55. The predicted octanol–water partition coefficient (Wildman–Crippen LogP) is 4.34. The second-order valence-electron chi connectivity index (χ2n) is 3.95. The summed E-state index contributed by atoms with van der Waals surface area (Å²) in [6.07, 6.45) is 0.775. The van der Waals surface area contributed by atoms with Crippen LogP contribution in [0.15, 0.2) is 48.5 Å². The first-order valence-corrected chi connectivity index (χ1v) is 6.93. The van der Waals surface area contributed by atoms with E-state index in [1.54, 1.807) is 6.07 Å². The molecular weight excluding hydrogens is 295 g/mol. The van der Waals surface area contributed by atoms with Crippen molar-refractivity contribution in [1.29, 1.82) is 0 Å². The van der Waals surface area contributed by atoms with Crippen molar-refractivity contribution in [2.45, 2.75) is 11.8 Å². The van der Waals surface area contributed by atoms with Gasteiger partial charge in [-0.25, -0.2) is 4.39 Å². The van der Waals surface area contributed by atoms with Crippen LogP contribution in [0.3, 0.4) is 0 Å². The molecule has 0 aliphatic carbocycles. The molecule has 0 amide bonds. The van der Waals surface area contributed by atoms with Crippen LogP contribution in [0.1, 0.15) is 11.1 Å². The van der Waals surface area contributed by atoms with Gasteiger partial charge in [0.2, 0.25) is 0 Å². The van der Waals surface area contributed by atoms with E-state index in [0.717, 1.165) is 12.0 Å². The number of rotatable bonds is 5. The van der Waals surface area contributed by atoms with Crippen molar-refractivity contribution in [2.24, 2.45) is 0 Å². The highest BCUT2D eigenvalue weighted by molar-refractivity contribution is 9.08. The molecule has 0 atom stereocenters. The van der Waals surface area contributed by atoms with E-state index in [1.807, 2.05) is 36.4 Å². The molecule has 0 spiro atoms. The monoisotopic (exact) mass is 308 g/mol. The zero-order valence-corrected chi connectivity index (χ0v) is 11.5. The summed E-state index contributed by atoms with van der Waals surface area (Å²) in [5, 5.41) is 0.589. The lowest BCUT2D eigenvalue weighted by atomic mass is 10.2. The maximum absolute atomic E-state index is 13.6. The van der Waals surface area contributed by atoms with Gasteiger partial charge in [0.1, 0.15) is 0 Å². The Morgan fingerprint density at radius 1 is 1.00 bits per heavy atom. The van der Waals surface area contributed by atoms with E-state index in [0.29, 0.717) is 17.7 Å². The molecule has 18 heavy (non-hydrogen) atoms. The first-order chi connectivity index (χ1) is 8.81. The summed E-state index contributed by atoms with van der Waals surface area (Å²) in [6.45, 7) is 0.477. The van der Waals surface area contributed by atoms with Gasteiger partial charge in [-0.3, -0.25) is 0 Å². The Kier molecular flexibility index (Phi) is 4.76. The Morgan fingerprint density at radius 3 is 2.50 bits per heavy atom. The number of halogens is 2. The van der Waals surface area contributed by atoms with Crippen LogP contribution in [-0.4, -0.2) is 6.61 Å². The Balaban J connectivity index is 1.98. The SMILES string of the molecule is Fc1cccc(CBr)c1OCCc1ccccc1. The lowest BCUT2D eigenvalue weighted by Crippen LogP contribution is -2.04. The van der Waals surface area contributed by atoms with E-state index < -0.39 is 0 Å². The number of benzene rings is 2. The minimum atomic E-state index is -0.306. The minimum Gasteiger partial charge on any atom is -0.490 e. The molecule has 0 unspecified atom stereocenters. The van der Waals surface area contributed by atoms with Gasteiger partial charge in [0.25, 0.3) is 0 Å². The molecule has 3 heteroatoms. The number of alkyl halides is 1. The fraction of sp³-hybridized carbons (Fsp3) is 0.200. The average Bonchev–Trinajstić information content (AvgIpc) is 2.41. The van der Waals surface area contributed by atoms with Crippen LogP contribution in [0.25, 0.3) is 0 Å². The molecule has 0 aromatic heterocycles. The molecule has 0 saturated carbocycles. The maximum atomic E-state index is 13.6. The fourth-order valence-electron chi connectivity index (χ4n) is 1.74. The molecule has 2 rings (SSSR count). The zero-order valence-electron chi connectivity index (χ0n) is 9.90. The summed E-state index contributed by atoms with van der Waals surface area (Å²) in [6, 6.07) is 15.0. The van der Waals surface area contributed by atoms with Gasteiger partial charge >= 0.3 is 0 Å². The first kappa shape index (κ1) is 13.1. The van der Waals surface area contributed by atoms with E-state index in [4.69, 9.17) is 4.74 Å². The molecule has 0 fully saturated rings. The largest absolute Gasteiger partial charge is 0.490 e. The summed E-state index contributed by atoms with van der Waals surface area (Å²) in [5.74, 6) is 0.0466. The van der Waals surface area contributed by atoms with Gasteiger partial charge in [-0.1, -0.05) is 58.4 Å². The maximum Gasteiger partial charge on any atom is 0.165 e. The quantitative estimate of drug-likeness (QED) is 0.747. The van der Waals surface area contributed by atoms with E-state index >= 15 is 0 Å². The van der Waals surface area contributed by atoms with Gasteiger partial charge in [-0.15, -0.1) is 0 Å². The molecular formula is C15H14BrFO. The molecule has 2 aromatic carbocycles. The van der Waals surface area contributed by atoms with Gasteiger partial charge in [0, 0.05) is 17.3 Å². The molecule has 0 saturated heterocycles. The molecule has 0 radical (unpaired) electrons. The first-order valence-electron chi connectivity index (χ1n) is 5.81. The Morgan fingerprint density at radius 2 is 1.78 bits per heavy atom. The van der Waals surface area contributed by atoms with Crippen LogP contribution in [0.2, 0.25) is 0 Å². The second-order valence-corrected chi connectivity index (χ2v) is 4.51. The number of para-hydroxylation sites is 1. The van der Waals surface area contributed by atoms with Crippen LogP contribution in [-0.2, 0) is 11.8 Å². The predicted molar refractivity (Wildman–Crippen MR) is 74.7 cm³/mol. The van der Waals surface area contributed by atoms with Crippen LogP contribution < -0.4 is 4.74 Å². The highest BCUT2D eigenvalue weighted by atomic mass is 79.9. The van der Waals surface area contributed by atoms with E-state index in [-0.39, 0.29) is 5.82 Å². The molecule has 94 valence electrons. The highest BCUT2D eigenvalue weighted by Gasteiger charge is 2.08. The van der Waals surface area contributed by atoms with Crippen LogP contribution in [0.4, 0.5) is 4.39 Å². The van der Waals surface area contributed by atoms with E-state index in [1.165, 1.54) is 11.6 Å². The van der Waals surface area contributed by atoms with Crippen molar-refractivity contribution < 1.29 is 9.13 Å². The van der Waals surface area contributed by atoms with Gasteiger partial charge in [-0.05, 0) is 11.6 Å². The number of ether oxygens (including phenoxy) is 1. The van der Waals surface area contributed by atoms with E-state index in [9.17, 15) is 4.39 Å². The molecule has 0 bridgehead atoms. The Bertz CT molecular complexity index is 499. The summed E-state index contributed by atoms with van der Waals surface area (Å²) in [7, 11) is 0. The normalized spacial score (nSPS) is 10.3. The lowest BCUT2D eigenvalue weighted by molar-refractivity contribution is 0.303. The van der Waals surface area contributed by atoms with Crippen molar-refractivity contribution in [2.75, 3.05) is 6.61 Å². The third-order valence-corrected chi connectivity index (χ3v) is 3.28. The molecule has 0 aliphatic heterocycles. The van der Waals surface area contributed by atoms with Crippen molar-refractivity contribution in [3.63, 3.8) is 0 Å². The van der Waals surface area contributed by atoms with Crippen molar-refractivity contribution in [1.82, 2.24) is 0 Å². The molecule has 0 N–H and O–H groups in total. The summed E-state index contributed by atoms with van der Waals surface area (Å²) >= 11 is 3.33. The van der Waals surface area contributed by atoms with Gasteiger partial charge in [0.05, 0.1) is 6.61 Å². The third kappa shape index (κ3) is 3.33. The molecule has 1 nitrogen and oxygen atoms in total. The topological polar surface area (TPSA) is 9.23 Å². The standard InChI is InChI=1S/C15H14BrFO/c16-11-13-7-4-8-14(17)15(13)18-10-9-12-5-2-1-3-6-12/h1-8H,9-11H2. The van der Waals surface area contributed by atoms with Crippen molar-refractivity contribution in [3.8, 4) is 5.75 Å². The Labute approximate surface area is 115 Å². The number of hydrogen-bond donors (Lipinski definition) is 0.